The van der Waals surface area contributed by atoms with E-state index >= 15 is 0 Å². The Morgan fingerprint density at radius 1 is 1.45 bits per heavy atom. The number of nitrogens with one attached hydrogen (secondary N) is 1. The summed E-state index contributed by atoms with van der Waals surface area (Å²) in [5.74, 6) is -0.000573. The van der Waals surface area contributed by atoms with Crippen LogP contribution in [0.5, 0.6) is 0 Å². The van der Waals surface area contributed by atoms with Crippen molar-refractivity contribution in [1.82, 2.24) is 9.97 Å². The van der Waals surface area contributed by atoms with E-state index in [9.17, 15) is 9.90 Å². The highest BCUT2D eigenvalue weighted by atomic mass is 16.4. The quantitative estimate of drug-likeness (QED) is 0.888. The van der Waals surface area contributed by atoms with E-state index in [1.54, 1.807) is 0 Å². The van der Waals surface area contributed by atoms with Crippen molar-refractivity contribution in [2.45, 2.75) is 45.1 Å². The number of aromatic amines is 1. The van der Waals surface area contributed by atoms with E-state index in [1.165, 1.54) is 0 Å². The number of rotatable bonds is 5. The van der Waals surface area contributed by atoms with Crippen LogP contribution < -0.4 is 4.90 Å². The molecule has 1 aliphatic rings. The molecule has 0 aliphatic carbocycles. The number of carboxylic acids is 1. The number of unbranched alkanes of at least 4 members (excludes halogenated alkanes) is 1. The van der Waals surface area contributed by atoms with E-state index in [2.05, 4.69) is 21.8 Å². The number of fused-ring (bicyclic) bond motifs is 1. The summed E-state index contributed by atoms with van der Waals surface area (Å²) in [6.45, 7) is 2.92. The van der Waals surface area contributed by atoms with Gasteiger partial charge in [0.2, 0.25) is 5.95 Å². The third-order valence-electron chi connectivity index (χ3n) is 4.60. The number of aliphatic carboxylic acids is 1. The summed E-state index contributed by atoms with van der Waals surface area (Å²) in [5.41, 5.74) is 2.00. The first-order valence-electron chi connectivity index (χ1n) is 8.13. The van der Waals surface area contributed by atoms with Crippen molar-refractivity contribution in [2.24, 2.45) is 5.92 Å². The fraction of sp³-hybridized carbons (Fsp3) is 0.529. The molecule has 1 aromatic heterocycles. The maximum Gasteiger partial charge on any atom is 0.306 e. The number of hydrogen-bond acceptors (Lipinski definition) is 3. The van der Waals surface area contributed by atoms with Gasteiger partial charge in [-0.15, -0.1) is 0 Å². The van der Waals surface area contributed by atoms with E-state index < -0.39 is 5.97 Å². The monoisotopic (exact) mass is 301 g/mol. The van der Waals surface area contributed by atoms with Gasteiger partial charge in [-0.05, 0) is 31.4 Å². The zero-order valence-corrected chi connectivity index (χ0v) is 13.0. The second-order valence-electron chi connectivity index (χ2n) is 6.13. The summed E-state index contributed by atoms with van der Waals surface area (Å²) >= 11 is 0. The summed E-state index contributed by atoms with van der Waals surface area (Å²) in [7, 11) is 0. The first kappa shape index (κ1) is 14.9. The minimum Gasteiger partial charge on any atom is -0.481 e. The molecular weight excluding hydrogens is 278 g/mol. The van der Waals surface area contributed by atoms with Gasteiger partial charge >= 0.3 is 5.97 Å². The van der Waals surface area contributed by atoms with Crippen molar-refractivity contribution in [3.05, 3.63) is 24.3 Å². The predicted molar refractivity (Wildman–Crippen MR) is 87.1 cm³/mol. The topological polar surface area (TPSA) is 69.2 Å². The molecular formula is C17H23N3O2. The van der Waals surface area contributed by atoms with Gasteiger partial charge in [-0.3, -0.25) is 4.79 Å². The molecule has 1 fully saturated rings. The molecule has 2 unspecified atom stereocenters. The molecule has 5 nitrogen and oxygen atoms in total. The molecule has 0 radical (unpaired) electrons. The van der Waals surface area contributed by atoms with Crippen LogP contribution in [0.25, 0.3) is 11.0 Å². The van der Waals surface area contributed by atoms with Crippen LogP contribution in [0.1, 0.15) is 39.0 Å². The van der Waals surface area contributed by atoms with Crippen molar-refractivity contribution < 1.29 is 9.90 Å². The van der Waals surface area contributed by atoms with Crippen LogP contribution in [-0.2, 0) is 4.79 Å². The normalized spacial score (nSPS) is 22.1. The van der Waals surface area contributed by atoms with Crippen molar-refractivity contribution >= 4 is 23.0 Å². The Bertz CT molecular complexity index is 619. The Kier molecular flexibility index (Phi) is 4.32. The van der Waals surface area contributed by atoms with Crippen molar-refractivity contribution in [3.63, 3.8) is 0 Å². The lowest BCUT2D eigenvalue weighted by atomic mass is 9.88. The Morgan fingerprint density at radius 2 is 2.27 bits per heavy atom. The van der Waals surface area contributed by atoms with Crippen molar-refractivity contribution in [2.75, 3.05) is 11.4 Å². The van der Waals surface area contributed by atoms with Crippen LogP contribution in [0.3, 0.4) is 0 Å². The van der Waals surface area contributed by atoms with Crippen molar-refractivity contribution in [1.29, 1.82) is 0 Å². The molecule has 0 amide bonds. The van der Waals surface area contributed by atoms with Crippen LogP contribution >= 0.6 is 0 Å². The average Bonchev–Trinajstić information content (AvgIpc) is 2.96. The first-order chi connectivity index (χ1) is 10.7. The minimum atomic E-state index is -0.661. The lowest BCUT2D eigenvalue weighted by Crippen LogP contribution is -2.45. The molecule has 0 bridgehead atoms. The van der Waals surface area contributed by atoms with Gasteiger partial charge in [-0.2, -0.15) is 0 Å². The molecule has 1 aromatic carbocycles. The summed E-state index contributed by atoms with van der Waals surface area (Å²) in [4.78, 5) is 21.7. The molecule has 22 heavy (non-hydrogen) atoms. The molecule has 1 saturated heterocycles. The van der Waals surface area contributed by atoms with Crippen LogP contribution in [-0.4, -0.2) is 33.6 Å². The Hall–Kier alpha value is -2.04. The number of para-hydroxylation sites is 2. The molecule has 3 rings (SSSR count). The average molecular weight is 301 g/mol. The van der Waals surface area contributed by atoms with Gasteiger partial charge in [0.1, 0.15) is 0 Å². The Labute approximate surface area is 130 Å². The molecule has 0 spiro atoms. The number of carbonyl (C=O) groups is 1. The van der Waals surface area contributed by atoms with Crippen LogP contribution in [0, 0.1) is 5.92 Å². The highest BCUT2D eigenvalue weighted by molar-refractivity contribution is 5.77. The third-order valence-corrected chi connectivity index (χ3v) is 4.60. The van der Waals surface area contributed by atoms with Crippen LogP contribution in [0.15, 0.2) is 24.3 Å². The molecule has 2 aromatic rings. The second-order valence-corrected chi connectivity index (χ2v) is 6.13. The molecule has 118 valence electrons. The van der Waals surface area contributed by atoms with Gasteiger partial charge < -0.3 is 15.0 Å². The SMILES string of the molecule is CCCCC1CC(C(=O)O)CCN1c1nc2ccccc2[nH]1. The van der Waals surface area contributed by atoms with Gasteiger partial charge in [0.25, 0.3) is 0 Å². The fourth-order valence-corrected chi connectivity index (χ4v) is 3.34. The molecule has 2 N–H and O–H groups in total. The van der Waals surface area contributed by atoms with Gasteiger partial charge in [0.15, 0.2) is 0 Å². The third kappa shape index (κ3) is 2.93. The maximum atomic E-state index is 11.3. The number of piperidine rings is 1. The number of hydrogen-bond donors (Lipinski definition) is 2. The summed E-state index contributed by atoms with van der Waals surface area (Å²) in [5, 5.41) is 9.31. The number of aromatic nitrogens is 2. The first-order valence-corrected chi connectivity index (χ1v) is 8.13. The molecule has 2 heterocycles. The standard InChI is InChI=1S/C17H23N3O2/c1-2-3-6-13-11-12(16(21)22)9-10-20(13)17-18-14-7-4-5-8-15(14)19-17/h4-5,7-8,12-13H,2-3,6,9-11H2,1H3,(H,18,19)(H,21,22). The smallest absolute Gasteiger partial charge is 0.306 e. The number of nitrogens with zero attached hydrogens (tertiary/aromatic N) is 2. The zero-order chi connectivity index (χ0) is 15.5. The van der Waals surface area contributed by atoms with E-state index in [-0.39, 0.29) is 12.0 Å². The molecule has 5 heteroatoms. The second kappa shape index (κ2) is 6.38. The van der Waals surface area contributed by atoms with Crippen LogP contribution in [0.4, 0.5) is 5.95 Å². The van der Waals surface area contributed by atoms with Gasteiger partial charge in [-0.25, -0.2) is 4.98 Å². The number of benzene rings is 1. The summed E-state index contributed by atoms with van der Waals surface area (Å²) in [6.07, 6.45) is 4.68. The highest BCUT2D eigenvalue weighted by Crippen LogP contribution is 2.30. The van der Waals surface area contributed by atoms with Crippen molar-refractivity contribution in [3.8, 4) is 0 Å². The van der Waals surface area contributed by atoms with Gasteiger partial charge in [0, 0.05) is 12.6 Å². The van der Waals surface area contributed by atoms with Crippen LogP contribution in [0.2, 0.25) is 0 Å². The number of anilines is 1. The molecule has 0 saturated carbocycles. The zero-order valence-electron chi connectivity index (χ0n) is 13.0. The maximum absolute atomic E-state index is 11.3. The van der Waals surface area contributed by atoms with E-state index in [4.69, 9.17) is 0 Å². The lowest BCUT2D eigenvalue weighted by Gasteiger charge is -2.38. The Morgan fingerprint density at radius 3 is 3.00 bits per heavy atom. The summed E-state index contributed by atoms with van der Waals surface area (Å²) in [6, 6.07) is 8.26. The molecule has 1 aliphatic heterocycles. The number of H-pyrrole nitrogens is 1. The Balaban J connectivity index is 1.84. The number of imidazole rings is 1. The lowest BCUT2D eigenvalue weighted by molar-refractivity contribution is -0.142. The van der Waals surface area contributed by atoms with Gasteiger partial charge in [-0.1, -0.05) is 31.9 Å². The minimum absolute atomic E-state index is 0.220. The number of carboxylic acid groups (broad SMARTS) is 1. The van der Waals surface area contributed by atoms with E-state index in [0.717, 1.165) is 42.8 Å². The molecule has 2 atom stereocenters. The highest BCUT2D eigenvalue weighted by Gasteiger charge is 2.33. The fourth-order valence-electron chi connectivity index (χ4n) is 3.34. The summed E-state index contributed by atoms with van der Waals surface area (Å²) < 4.78 is 0. The van der Waals surface area contributed by atoms with E-state index in [1.807, 2.05) is 24.3 Å². The largest absolute Gasteiger partial charge is 0.481 e. The van der Waals surface area contributed by atoms with Gasteiger partial charge in [0.05, 0.1) is 17.0 Å². The predicted octanol–water partition coefficient (Wildman–Crippen LogP) is 3.42. The van der Waals surface area contributed by atoms with E-state index in [0.29, 0.717) is 12.8 Å².